The van der Waals surface area contributed by atoms with Gasteiger partial charge in [0.25, 0.3) is 0 Å². The van der Waals surface area contributed by atoms with Gasteiger partial charge in [0, 0.05) is 24.0 Å². The Morgan fingerprint density at radius 2 is 2.00 bits per heavy atom. The summed E-state index contributed by atoms with van der Waals surface area (Å²) >= 11 is 1.70. The molecule has 0 aliphatic rings. The Morgan fingerprint density at radius 1 is 1.46 bits per heavy atom. The van der Waals surface area contributed by atoms with Crippen molar-refractivity contribution >= 4 is 17.5 Å². The second-order valence-corrected chi connectivity index (χ2v) is 3.49. The quantitative estimate of drug-likeness (QED) is 0.444. The zero-order valence-corrected chi connectivity index (χ0v) is 9.23. The van der Waals surface area contributed by atoms with Crippen molar-refractivity contribution in [2.24, 2.45) is 0 Å². The van der Waals surface area contributed by atoms with E-state index in [1.165, 1.54) is 4.90 Å². The molecule has 0 aliphatic heterocycles. The largest absolute Gasteiger partial charge is 1.00 e. The van der Waals surface area contributed by atoms with Crippen LogP contribution in [0.1, 0.15) is 6.92 Å². The standard InChI is InChI=1S/C9H12NOS.ClH/c1-8(11)7-10-5-3-9(12-2)4-6-10;/h3-6H,7H2,1-2H3;1H/q+1;/p-1. The number of hydrogen-bond donors (Lipinski definition) is 0. The van der Waals surface area contributed by atoms with Crippen LogP contribution < -0.4 is 17.0 Å². The summed E-state index contributed by atoms with van der Waals surface area (Å²) < 4.78 is 1.88. The lowest BCUT2D eigenvalue weighted by Crippen LogP contribution is -3.00. The number of ketones is 1. The van der Waals surface area contributed by atoms with Crippen LogP contribution in [0.5, 0.6) is 0 Å². The molecule has 0 aliphatic carbocycles. The van der Waals surface area contributed by atoms with Crippen molar-refractivity contribution in [1.29, 1.82) is 0 Å². The molecule has 2 nitrogen and oxygen atoms in total. The minimum atomic E-state index is 0. The fourth-order valence-corrected chi connectivity index (χ4v) is 1.34. The minimum Gasteiger partial charge on any atom is -1.00 e. The van der Waals surface area contributed by atoms with E-state index in [4.69, 9.17) is 0 Å². The molecule has 0 saturated heterocycles. The number of hydrogen-bond acceptors (Lipinski definition) is 2. The number of pyridine rings is 1. The lowest BCUT2D eigenvalue weighted by Gasteiger charge is -1.94. The SMILES string of the molecule is CSc1cc[n+](CC(C)=O)cc1.[Cl-]. The lowest BCUT2D eigenvalue weighted by molar-refractivity contribution is -0.684. The van der Waals surface area contributed by atoms with Crippen LogP contribution in [0.25, 0.3) is 0 Å². The average Bonchev–Trinajstić information content (AvgIpc) is 2.05. The number of halogens is 1. The second kappa shape index (κ2) is 6.00. The molecule has 0 fully saturated rings. The van der Waals surface area contributed by atoms with Crippen LogP contribution in [-0.4, -0.2) is 12.0 Å². The highest BCUT2D eigenvalue weighted by atomic mass is 35.5. The van der Waals surface area contributed by atoms with E-state index in [0.717, 1.165) is 0 Å². The summed E-state index contributed by atoms with van der Waals surface area (Å²) in [5.74, 6) is 0.178. The molecule has 0 spiro atoms. The van der Waals surface area contributed by atoms with Gasteiger partial charge in [0.2, 0.25) is 6.54 Å². The van der Waals surface area contributed by atoms with Gasteiger partial charge in [-0.1, -0.05) is 0 Å². The number of nitrogens with zero attached hydrogens (tertiary/aromatic N) is 1. The molecule has 72 valence electrons. The van der Waals surface area contributed by atoms with Crippen LogP contribution in [0.4, 0.5) is 0 Å². The second-order valence-electron chi connectivity index (χ2n) is 2.61. The fraction of sp³-hybridized carbons (Fsp3) is 0.333. The number of rotatable bonds is 3. The predicted molar refractivity (Wildman–Crippen MR) is 49.1 cm³/mol. The first-order valence-electron chi connectivity index (χ1n) is 3.75. The first-order valence-corrected chi connectivity index (χ1v) is 4.97. The summed E-state index contributed by atoms with van der Waals surface area (Å²) in [6.45, 7) is 2.06. The molecule has 0 unspecified atom stereocenters. The zero-order chi connectivity index (χ0) is 8.97. The van der Waals surface area contributed by atoms with E-state index >= 15 is 0 Å². The first kappa shape index (κ1) is 12.5. The normalized spacial score (nSPS) is 9.08. The van der Waals surface area contributed by atoms with Crippen LogP contribution in [0.15, 0.2) is 29.4 Å². The van der Waals surface area contributed by atoms with Gasteiger partial charge in [-0.3, -0.25) is 4.79 Å². The number of carbonyl (C=O) groups is 1. The molecule has 0 aromatic carbocycles. The van der Waals surface area contributed by atoms with Crippen molar-refractivity contribution in [2.45, 2.75) is 18.4 Å². The van der Waals surface area contributed by atoms with Gasteiger partial charge in [-0.05, 0) is 6.26 Å². The van der Waals surface area contributed by atoms with E-state index in [1.54, 1.807) is 18.7 Å². The van der Waals surface area contributed by atoms with Crippen molar-refractivity contribution in [3.05, 3.63) is 24.5 Å². The summed E-state index contributed by atoms with van der Waals surface area (Å²) in [6, 6.07) is 4.02. The Kier molecular flexibility index (Phi) is 5.75. The average molecular weight is 218 g/mol. The highest BCUT2D eigenvalue weighted by molar-refractivity contribution is 7.98. The van der Waals surface area contributed by atoms with Crippen LogP contribution in [0.2, 0.25) is 0 Å². The number of thioether (sulfide) groups is 1. The van der Waals surface area contributed by atoms with Crippen LogP contribution in [0.3, 0.4) is 0 Å². The van der Waals surface area contributed by atoms with Gasteiger partial charge in [0.15, 0.2) is 18.2 Å². The highest BCUT2D eigenvalue weighted by Crippen LogP contribution is 2.10. The van der Waals surface area contributed by atoms with Crippen molar-refractivity contribution in [2.75, 3.05) is 6.26 Å². The summed E-state index contributed by atoms with van der Waals surface area (Å²) in [5.41, 5.74) is 0. The molecule has 0 atom stereocenters. The van der Waals surface area contributed by atoms with E-state index in [1.807, 2.05) is 35.3 Å². The highest BCUT2D eigenvalue weighted by Gasteiger charge is 2.02. The Morgan fingerprint density at radius 3 is 2.38 bits per heavy atom. The topological polar surface area (TPSA) is 20.9 Å². The lowest BCUT2D eigenvalue weighted by atomic mass is 10.4. The van der Waals surface area contributed by atoms with Crippen molar-refractivity contribution in [1.82, 2.24) is 0 Å². The third-order valence-electron chi connectivity index (χ3n) is 1.50. The van der Waals surface area contributed by atoms with Crippen LogP contribution >= 0.6 is 11.8 Å². The Hall–Kier alpha value is -0.540. The maximum absolute atomic E-state index is 10.7. The van der Waals surface area contributed by atoms with E-state index in [9.17, 15) is 4.79 Å². The van der Waals surface area contributed by atoms with Gasteiger partial charge < -0.3 is 12.4 Å². The molecule has 4 heteroatoms. The van der Waals surface area contributed by atoms with Gasteiger partial charge >= 0.3 is 0 Å². The maximum Gasteiger partial charge on any atom is 0.206 e. The van der Waals surface area contributed by atoms with E-state index in [0.29, 0.717) is 6.54 Å². The van der Waals surface area contributed by atoms with Crippen LogP contribution in [0, 0.1) is 0 Å². The fourth-order valence-electron chi connectivity index (χ4n) is 0.942. The molecule has 0 N–H and O–H groups in total. The molecular weight excluding hydrogens is 206 g/mol. The third-order valence-corrected chi connectivity index (χ3v) is 2.25. The molecule has 1 rings (SSSR count). The molecule has 0 bridgehead atoms. The van der Waals surface area contributed by atoms with Gasteiger partial charge in [-0.15, -0.1) is 11.8 Å². The predicted octanol–water partition coefficient (Wildman–Crippen LogP) is -1.71. The first-order chi connectivity index (χ1) is 5.72. The summed E-state index contributed by atoms with van der Waals surface area (Å²) in [7, 11) is 0. The van der Waals surface area contributed by atoms with Crippen molar-refractivity contribution in [3.8, 4) is 0 Å². The maximum atomic E-state index is 10.7. The Bertz CT molecular complexity index is 273. The summed E-state index contributed by atoms with van der Waals surface area (Å²) in [5, 5.41) is 0. The molecule has 0 saturated carbocycles. The molecule has 1 heterocycles. The summed E-state index contributed by atoms with van der Waals surface area (Å²) in [4.78, 5) is 12.0. The smallest absolute Gasteiger partial charge is 0.206 e. The van der Waals surface area contributed by atoms with E-state index < -0.39 is 0 Å². The van der Waals surface area contributed by atoms with Gasteiger partial charge in [0.05, 0.1) is 0 Å². The van der Waals surface area contributed by atoms with Crippen molar-refractivity contribution < 1.29 is 21.8 Å². The van der Waals surface area contributed by atoms with Gasteiger partial charge in [-0.2, -0.15) is 4.57 Å². The summed E-state index contributed by atoms with van der Waals surface area (Å²) in [6.07, 6.45) is 5.88. The van der Waals surface area contributed by atoms with Gasteiger partial charge in [0.1, 0.15) is 0 Å². The number of aromatic nitrogens is 1. The molecule has 0 radical (unpaired) electrons. The Labute approximate surface area is 88.8 Å². The van der Waals surface area contributed by atoms with Crippen LogP contribution in [-0.2, 0) is 11.3 Å². The molecule has 0 amide bonds. The zero-order valence-electron chi connectivity index (χ0n) is 7.66. The molecule has 1 aromatic heterocycles. The monoisotopic (exact) mass is 217 g/mol. The molecule has 13 heavy (non-hydrogen) atoms. The molecule has 1 aromatic rings. The van der Waals surface area contributed by atoms with E-state index in [-0.39, 0.29) is 18.2 Å². The van der Waals surface area contributed by atoms with Gasteiger partial charge in [-0.25, -0.2) is 0 Å². The van der Waals surface area contributed by atoms with Crippen molar-refractivity contribution in [3.63, 3.8) is 0 Å². The Balaban J connectivity index is 0.00000144. The minimum absolute atomic E-state index is 0. The van der Waals surface area contributed by atoms with E-state index in [2.05, 4.69) is 0 Å². The molecular formula is C9H12ClNOS. The number of Topliss-reactive ketones (excluding diaryl/α,β-unsaturated/α-hetero) is 1. The third kappa shape index (κ3) is 4.29. The number of carbonyl (C=O) groups excluding carboxylic acids is 1.